The average molecular weight is 308 g/mol. The summed E-state index contributed by atoms with van der Waals surface area (Å²) in [4.78, 5) is 0. The van der Waals surface area contributed by atoms with Crippen molar-refractivity contribution in [1.82, 2.24) is 15.1 Å². The fourth-order valence-electron chi connectivity index (χ4n) is 2.21. The van der Waals surface area contributed by atoms with Crippen LogP contribution in [-0.2, 0) is 17.1 Å². The van der Waals surface area contributed by atoms with Crippen molar-refractivity contribution in [3.8, 4) is 0 Å². The molecule has 1 unspecified atom stereocenters. The van der Waals surface area contributed by atoms with E-state index in [9.17, 15) is 8.42 Å². The fourth-order valence-corrected chi connectivity index (χ4v) is 3.42. The number of nitrogens with zero attached hydrogens (tertiary/aromatic N) is 2. The minimum Gasteiger partial charge on any atom is -0.310 e. The lowest BCUT2D eigenvalue weighted by atomic mass is 10.1. The first-order chi connectivity index (χ1) is 9.95. The Morgan fingerprint density at radius 1 is 1.29 bits per heavy atom. The molecule has 0 radical (unpaired) electrons. The molecule has 0 bridgehead atoms. The van der Waals surface area contributed by atoms with Crippen LogP contribution >= 0.6 is 0 Å². The zero-order valence-corrected chi connectivity index (χ0v) is 13.2. The van der Waals surface area contributed by atoms with Gasteiger partial charge in [-0.3, -0.25) is 9.40 Å². The number of para-hydroxylation sites is 1. The van der Waals surface area contributed by atoms with Gasteiger partial charge in [-0.25, -0.2) is 0 Å². The van der Waals surface area contributed by atoms with E-state index in [1.807, 2.05) is 32.0 Å². The number of aromatic nitrogens is 2. The molecule has 1 aromatic carbocycles. The van der Waals surface area contributed by atoms with E-state index in [2.05, 4.69) is 15.1 Å². The third kappa shape index (κ3) is 3.43. The first kappa shape index (κ1) is 15.5. The van der Waals surface area contributed by atoms with Gasteiger partial charge in [-0.15, -0.1) is 0 Å². The third-order valence-electron chi connectivity index (χ3n) is 3.23. The van der Waals surface area contributed by atoms with Crippen LogP contribution in [0, 0.1) is 0 Å². The molecule has 114 valence electrons. The summed E-state index contributed by atoms with van der Waals surface area (Å²) >= 11 is 0. The summed E-state index contributed by atoms with van der Waals surface area (Å²) in [5.74, 6) is 0. The van der Waals surface area contributed by atoms with Gasteiger partial charge < -0.3 is 5.32 Å². The van der Waals surface area contributed by atoms with Crippen molar-refractivity contribution >= 4 is 15.7 Å². The predicted octanol–water partition coefficient (Wildman–Crippen LogP) is 1.89. The zero-order chi connectivity index (χ0) is 15.5. The Morgan fingerprint density at radius 3 is 2.62 bits per heavy atom. The summed E-state index contributed by atoms with van der Waals surface area (Å²) in [7, 11) is -2.05. The zero-order valence-electron chi connectivity index (χ0n) is 12.4. The van der Waals surface area contributed by atoms with Gasteiger partial charge >= 0.3 is 0 Å². The Morgan fingerprint density at radius 2 is 2.00 bits per heavy atom. The number of aryl methyl sites for hydroxylation is 1. The number of hydrogen-bond donors (Lipinski definition) is 2. The van der Waals surface area contributed by atoms with Crippen LogP contribution < -0.4 is 10.0 Å². The molecule has 1 aromatic heterocycles. The molecule has 0 aliphatic carbocycles. The predicted molar refractivity (Wildman–Crippen MR) is 82.6 cm³/mol. The van der Waals surface area contributed by atoms with Crippen LogP contribution in [0.5, 0.6) is 0 Å². The highest BCUT2D eigenvalue weighted by molar-refractivity contribution is 7.92. The van der Waals surface area contributed by atoms with E-state index in [1.54, 1.807) is 13.1 Å². The van der Waals surface area contributed by atoms with Gasteiger partial charge in [0.1, 0.15) is 0 Å². The van der Waals surface area contributed by atoms with Gasteiger partial charge in [0, 0.05) is 13.1 Å². The number of benzene rings is 1. The molecule has 0 amide bonds. The van der Waals surface area contributed by atoms with E-state index in [1.165, 1.54) is 16.9 Å². The van der Waals surface area contributed by atoms with Gasteiger partial charge in [0.25, 0.3) is 10.0 Å². The van der Waals surface area contributed by atoms with Crippen molar-refractivity contribution < 1.29 is 8.42 Å². The van der Waals surface area contributed by atoms with E-state index in [0.717, 1.165) is 12.1 Å². The van der Waals surface area contributed by atoms with Crippen LogP contribution in [0.4, 0.5) is 5.69 Å². The lowest BCUT2D eigenvalue weighted by Gasteiger charge is -2.18. The Bertz CT molecular complexity index is 709. The van der Waals surface area contributed by atoms with Crippen LogP contribution in [-0.4, -0.2) is 24.7 Å². The largest absolute Gasteiger partial charge is 0.310 e. The van der Waals surface area contributed by atoms with Crippen molar-refractivity contribution in [2.24, 2.45) is 7.05 Å². The molecule has 0 aliphatic heterocycles. The minimum absolute atomic E-state index is 0.0560. The maximum absolute atomic E-state index is 12.4. The second-order valence-electron chi connectivity index (χ2n) is 4.77. The van der Waals surface area contributed by atoms with Crippen LogP contribution in [0.15, 0.2) is 41.6 Å². The molecule has 0 fully saturated rings. The second kappa shape index (κ2) is 6.28. The third-order valence-corrected chi connectivity index (χ3v) is 4.67. The molecule has 2 N–H and O–H groups in total. The summed E-state index contributed by atoms with van der Waals surface area (Å²) in [6.07, 6.45) is 1.46. The Hall–Kier alpha value is -1.86. The van der Waals surface area contributed by atoms with Gasteiger partial charge in [-0.2, -0.15) is 13.5 Å². The lowest BCUT2D eigenvalue weighted by molar-refractivity contribution is 0.581. The van der Waals surface area contributed by atoms with Gasteiger partial charge in [0.2, 0.25) is 0 Å². The topological polar surface area (TPSA) is 76.0 Å². The molecule has 7 heteroatoms. The van der Waals surface area contributed by atoms with Crippen LogP contribution in [0.3, 0.4) is 0 Å². The monoisotopic (exact) mass is 308 g/mol. The minimum atomic E-state index is -3.65. The fraction of sp³-hybridized carbons (Fsp3) is 0.357. The van der Waals surface area contributed by atoms with E-state index in [0.29, 0.717) is 5.69 Å². The molecule has 2 aromatic rings. The molecule has 6 nitrogen and oxygen atoms in total. The Balaban J connectivity index is 2.34. The number of rotatable bonds is 6. The second-order valence-corrected chi connectivity index (χ2v) is 6.39. The van der Waals surface area contributed by atoms with E-state index < -0.39 is 10.0 Å². The number of anilines is 1. The summed E-state index contributed by atoms with van der Waals surface area (Å²) in [6.45, 7) is 4.82. The molecular formula is C14H20N4O2S. The highest BCUT2D eigenvalue weighted by Crippen LogP contribution is 2.24. The molecule has 1 heterocycles. The summed E-state index contributed by atoms with van der Waals surface area (Å²) in [5.41, 5.74) is 1.48. The molecule has 1 atom stereocenters. The van der Waals surface area contributed by atoms with Gasteiger partial charge in [0.15, 0.2) is 5.03 Å². The number of sulfonamides is 1. The van der Waals surface area contributed by atoms with Gasteiger partial charge in [-0.05, 0) is 31.2 Å². The lowest BCUT2D eigenvalue weighted by Crippen LogP contribution is -2.22. The molecule has 0 saturated carbocycles. The molecule has 0 spiro atoms. The van der Waals surface area contributed by atoms with Crippen molar-refractivity contribution in [1.29, 1.82) is 0 Å². The van der Waals surface area contributed by atoms with E-state index >= 15 is 0 Å². The quantitative estimate of drug-likeness (QED) is 0.854. The maximum atomic E-state index is 12.4. The Labute approximate surface area is 125 Å². The molecule has 21 heavy (non-hydrogen) atoms. The van der Waals surface area contributed by atoms with Crippen molar-refractivity contribution in [2.45, 2.75) is 24.9 Å². The molecule has 0 saturated heterocycles. The number of hydrogen-bond acceptors (Lipinski definition) is 4. The summed E-state index contributed by atoms with van der Waals surface area (Å²) in [6, 6.07) is 8.90. The van der Waals surface area contributed by atoms with Crippen LogP contribution in [0.2, 0.25) is 0 Å². The van der Waals surface area contributed by atoms with Gasteiger partial charge in [0.05, 0.1) is 11.9 Å². The highest BCUT2D eigenvalue weighted by atomic mass is 32.2. The van der Waals surface area contributed by atoms with E-state index in [4.69, 9.17) is 0 Å². The van der Waals surface area contributed by atoms with Crippen molar-refractivity contribution in [3.05, 3.63) is 42.1 Å². The SMILES string of the molecule is CCNC(C)c1ccccc1NS(=O)(=O)c1ccnn1C. The van der Waals surface area contributed by atoms with Crippen molar-refractivity contribution in [3.63, 3.8) is 0 Å². The molecule has 2 rings (SSSR count). The summed E-state index contributed by atoms with van der Waals surface area (Å²) in [5, 5.41) is 7.31. The first-order valence-corrected chi connectivity index (χ1v) is 8.27. The highest BCUT2D eigenvalue weighted by Gasteiger charge is 2.20. The summed E-state index contributed by atoms with van der Waals surface area (Å²) < 4.78 is 28.8. The van der Waals surface area contributed by atoms with E-state index in [-0.39, 0.29) is 11.1 Å². The average Bonchev–Trinajstić information content (AvgIpc) is 2.86. The van der Waals surface area contributed by atoms with Crippen molar-refractivity contribution in [2.75, 3.05) is 11.3 Å². The maximum Gasteiger partial charge on any atom is 0.279 e. The molecular weight excluding hydrogens is 288 g/mol. The van der Waals surface area contributed by atoms with Gasteiger partial charge in [-0.1, -0.05) is 25.1 Å². The number of nitrogens with one attached hydrogen (secondary N) is 2. The molecule has 0 aliphatic rings. The normalized spacial score (nSPS) is 13.1. The standard InChI is InChI=1S/C14H20N4O2S/c1-4-15-11(2)12-7-5-6-8-13(12)17-21(19,20)14-9-10-16-18(14)3/h5-11,15,17H,4H2,1-3H3. The Kier molecular flexibility index (Phi) is 4.64. The van der Waals surface area contributed by atoms with Crippen LogP contribution in [0.1, 0.15) is 25.5 Å². The smallest absolute Gasteiger partial charge is 0.279 e. The first-order valence-electron chi connectivity index (χ1n) is 6.79. The van der Waals surface area contributed by atoms with Crippen LogP contribution in [0.25, 0.3) is 0 Å².